The van der Waals surface area contributed by atoms with E-state index in [9.17, 15) is 0 Å². The molecule has 0 spiro atoms. The minimum absolute atomic E-state index is 0.507. The molecule has 4 heteroatoms. The van der Waals surface area contributed by atoms with Gasteiger partial charge in [0.05, 0.1) is 0 Å². The molecule has 0 aliphatic carbocycles. The van der Waals surface area contributed by atoms with Crippen molar-refractivity contribution in [1.29, 1.82) is 0 Å². The summed E-state index contributed by atoms with van der Waals surface area (Å²) >= 11 is 5.86. The normalized spacial score (nSPS) is 10.8. The Morgan fingerprint density at radius 3 is 2.50 bits per heavy atom. The van der Waals surface area contributed by atoms with E-state index in [1.165, 1.54) is 0 Å². The van der Waals surface area contributed by atoms with Crippen LogP contribution in [-0.4, -0.2) is 28.4 Å². The van der Waals surface area contributed by atoms with Gasteiger partial charge in [-0.2, -0.15) is 0 Å². The Kier molecular flexibility index (Phi) is 5.53. The van der Waals surface area contributed by atoms with E-state index in [1.54, 1.807) is 6.33 Å². The van der Waals surface area contributed by atoms with Crippen molar-refractivity contribution >= 4 is 17.4 Å². The van der Waals surface area contributed by atoms with Crippen LogP contribution in [0.5, 0.6) is 0 Å². The van der Waals surface area contributed by atoms with Crippen molar-refractivity contribution in [2.75, 3.05) is 17.3 Å². The number of hydrogen-bond acceptors (Lipinski definition) is 3. The highest BCUT2D eigenvalue weighted by molar-refractivity contribution is 6.18. The fraction of sp³-hybridized carbons (Fsp3) is 0.667. The number of aromatic nitrogens is 2. The van der Waals surface area contributed by atoms with Crippen molar-refractivity contribution in [3.8, 4) is 0 Å². The zero-order chi connectivity index (χ0) is 12.0. The summed E-state index contributed by atoms with van der Waals surface area (Å²) in [6, 6.07) is 2.53. The molecular weight excluding hydrogens is 222 g/mol. The van der Waals surface area contributed by atoms with Crippen LogP contribution in [0, 0.1) is 6.92 Å². The number of anilines is 1. The minimum Gasteiger partial charge on any atom is -0.352 e. The largest absolute Gasteiger partial charge is 0.352 e. The van der Waals surface area contributed by atoms with Crippen molar-refractivity contribution in [3.63, 3.8) is 0 Å². The topological polar surface area (TPSA) is 29.0 Å². The molecular formula is C12H20ClN3. The van der Waals surface area contributed by atoms with Crippen LogP contribution in [0.15, 0.2) is 12.4 Å². The van der Waals surface area contributed by atoms with Gasteiger partial charge in [0.15, 0.2) is 0 Å². The number of alkyl halides is 1. The van der Waals surface area contributed by atoms with Gasteiger partial charge < -0.3 is 4.90 Å². The molecule has 3 nitrogen and oxygen atoms in total. The SMILES string of the molecule is CCC(CC)N(CCCl)c1cc(C)ncn1. The van der Waals surface area contributed by atoms with Gasteiger partial charge in [0, 0.05) is 30.2 Å². The van der Waals surface area contributed by atoms with Gasteiger partial charge in [-0.15, -0.1) is 11.6 Å². The van der Waals surface area contributed by atoms with E-state index in [0.29, 0.717) is 11.9 Å². The van der Waals surface area contributed by atoms with Gasteiger partial charge in [-0.3, -0.25) is 0 Å². The number of rotatable bonds is 6. The Hall–Kier alpha value is -0.830. The van der Waals surface area contributed by atoms with Crippen LogP contribution in [-0.2, 0) is 0 Å². The lowest BCUT2D eigenvalue weighted by Crippen LogP contribution is -2.36. The zero-order valence-electron chi connectivity index (χ0n) is 10.3. The molecule has 0 atom stereocenters. The molecule has 0 saturated carbocycles. The fourth-order valence-electron chi connectivity index (χ4n) is 1.90. The Morgan fingerprint density at radius 1 is 1.31 bits per heavy atom. The molecule has 0 saturated heterocycles. The van der Waals surface area contributed by atoms with Crippen LogP contribution in [0.4, 0.5) is 5.82 Å². The average Bonchev–Trinajstić information content (AvgIpc) is 2.29. The molecule has 0 N–H and O–H groups in total. The first kappa shape index (κ1) is 13.2. The molecule has 1 aromatic heterocycles. The average molecular weight is 242 g/mol. The van der Waals surface area contributed by atoms with Gasteiger partial charge in [-0.25, -0.2) is 9.97 Å². The first-order valence-electron chi connectivity index (χ1n) is 5.84. The maximum atomic E-state index is 5.86. The van der Waals surface area contributed by atoms with Crippen molar-refractivity contribution in [2.45, 2.75) is 39.7 Å². The molecule has 1 aromatic rings. The molecule has 0 unspecified atom stereocenters. The lowest BCUT2D eigenvalue weighted by atomic mass is 10.1. The first-order chi connectivity index (χ1) is 7.72. The number of halogens is 1. The van der Waals surface area contributed by atoms with Crippen LogP contribution >= 0.6 is 11.6 Å². The number of nitrogens with zero attached hydrogens (tertiary/aromatic N) is 3. The molecule has 0 fully saturated rings. The summed E-state index contributed by atoms with van der Waals surface area (Å²) in [7, 11) is 0. The van der Waals surface area contributed by atoms with Crippen molar-refractivity contribution < 1.29 is 0 Å². The number of aryl methyl sites for hydroxylation is 1. The summed E-state index contributed by atoms with van der Waals surface area (Å²) < 4.78 is 0. The third kappa shape index (κ3) is 3.34. The number of hydrogen-bond donors (Lipinski definition) is 0. The molecule has 0 bridgehead atoms. The second kappa shape index (κ2) is 6.69. The fourth-order valence-corrected chi connectivity index (χ4v) is 2.08. The third-order valence-electron chi connectivity index (χ3n) is 2.79. The van der Waals surface area contributed by atoms with Crippen molar-refractivity contribution in [3.05, 3.63) is 18.1 Å². The monoisotopic (exact) mass is 241 g/mol. The Balaban J connectivity index is 2.91. The quantitative estimate of drug-likeness (QED) is 0.717. The highest BCUT2D eigenvalue weighted by Crippen LogP contribution is 2.18. The van der Waals surface area contributed by atoms with Gasteiger partial charge in [0.1, 0.15) is 12.1 Å². The van der Waals surface area contributed by atoms with E-state index < -0.39 is 0 Å². The molecule has 0 aliphatic rings. The highest BCUT2D eigenvalue weighted by Gasteiger charge is 2.16. The van der Waals surface area contributed by atoms with Crippen molar-refractivity contribution in [2.24, 2.45) is 0 Å². The maximum Gasteiger partial charge on any atom is 0.132 e. The lowest BCUT2D eigenvalue weighted by molar-refractivity contribution is 0.562. The second-order valence-electron chi connectivity index (χ2n) is 3.87. The van der Waals surface area contributed by atoms with E-state index in [0.717, 1.165) is 30.9 Å². The lowest BCUT2D eigenvalue weighted by Gasteiger charge is -2.31. The summed E-state index contributed by atoms with van der Waals surface area (Å²) in [6.07, 6.45) is 3.83. The Bertz CT molecular complexity index is 313. The molecule has 0 aliphatic heterocycles. The van der Waals surface area contributed by atoms with Gasteiger partial charge >= 0.3 is 0 Å². The van der Waals surface area contributed by atoms with Crippen LogP contribution in [0.25, 0.3) is 0 Å². The standard InChI is InChI=1S/C12H20ClN3/c1-4-11(5-2)16(7-6-13)12-8-10(3)14-9-15-12/h8-9,11H,4-7H2,1-3H3. The highest BCUT2D eigenvalue weighted by atomic mass is 35.5. The molecule has 90 valence electrons. The van der Waals surface area contributed by atoms with Crippen LogP contribution < -0.4 is 4.90 Å². The predicted molar refractivity (Wildman–Crippen MR) is 69.2 cm³/mol. The smallest absolute Gasteiger partial charge is 0.132 e. The van der Waals surface area contributed by atoms with E-state index in [1.807, 2.05) is 13.0 Å². The zero-order valence-corrected chi connectivity index (χ0v) is 11.0. The van der Waals surface area contributed by atoms with Crippen LogP contribution in [0.2, 0.25) is 0 Å². The van der Waals surface area contributed by atoms with Gasteiger partial charge in [-0.05, 0) is 19.8 Å². The van der Waals surface area contributed by atoms with E-state index in [-0.39, 0.29) is 0 Å². The Labute approximate surface area is 103 Å². The van der Waals surface area contributed by atoms with Gasteiger partial charge in [0.2, 0.25) is 0 Å². The van der Waals surface area contributed by atoms with E-state index in [2.05, 4.69) is 28.7 Å². The van der Waals surface area contributed by atoms with Crippen molar-refractivity contribution in [1.82, 2.24) is 9.97 Å². The van der Waals surface area contributed by atoms with Crippen LogP contribution in [0.3, 0.4) is 0 Å². The summed E-state index contributed by atoms with van der Waals surface area (Å²) in [5.74, 6) is 1.61. The van der Waals surface area contributed by atoms with Gasteiger partial charge in [0.25, 0.3) is 0 Å². The molecule has 1 rings (SSSR count). The molecule has 0 radical (unpaired) electrons. The Morgan fingerprint density at radius 2 is 2.00 bits per heavy atom. The van der Waals surface area contributed by atoms with Crippen LogP contribution in [0.1, 0.15) is 32.4 Å². The van der Waals surface area contributed by atoms with E-state index in [4.69, 9.17) is 11.6 Å². The molecule has 0 aromatic carbocycles. The first-order valence-corrected chi connectivity index (χ1v) is 6.37. The summed E-state index contributed by atoms with van der Waals surface area (Å²) in [6.45, 7) is 7.22. The summed E-state index contributed by atoms with van der Waals surface area (Å²) in [4.78, 5) is 10.7. The third-order valence-corrected chi connectivity index (χ3v) is 2.96. The summed E-state index contributed by atoms with van der Waals surface area (Å²) in [5.41, 5.74) is 0.996. The molecule has 16 heavy (non-hydrogen) atoms. The molecule has 0 amide bonds. The predicted octanol–water partition coefficient (Wildman–Crippen LogP) is 3.02. The summed E-state index contributed by atoms with van der Waals surface area (Å²) in [5, 5.41) is 0. The minimum atomic E-state index is 0.507. The second-order valence-corrected chi connectivity index (χ2v) is 4.25. The molecule has 1 heterocycles. The maximum absolute atomic E-state index is 5.86. The van der Waals surface area contributed by atoms with Gasteiger partial charge in [-0.1, -0.05) is 13.8 Å². The van der Waals surface area contributed by atoms with E-state index >= 15 is 0 Å².